The first-order chi connectivity index (χ1) is 22.0. The van der Waals surface area contributed by atoms with E-state index in [1.807, 2.05) is 13.0 Å². The summed E-state index contributed by atoms with van der Waals surface area (Å²) in [5.74, 6) is 0.701. The number of hydrogen-bond donors (Lipinski definition) is 1. The number of aliphatic hydroxyl groups is 1. The first kappa shape index (κ1) is 31.2. The molecule has 2 aliphatic heterocycles. The van der Waals surface area contributed by atoms with Crippen LogP contribution in [0.15, 0.2) is 42.5 Å². The van der Waals surface area contributed by atoms with Crippen molar-refractivity contribution in [2.45, 2.75) is 101 Å². The highest BCUT2D eigenvalue weighted by Gasteiger charge is 2.73. The van der Waals surface area contributed by atoms with E-state index in [4.69, 9.17) is 9.47 Å². The number of alkyl halides is 3. The smallest absolute Gasteiger partial charge is 0.416 e. The molecule has 1 N–H and O–H groups in total. The highest BCUT2D eigenvalue weighted by atomic mass is 19.4. The zero-order chi connectivity index (χ0) is 32.4. The molecule has 0 aromatic heterocycles. The molecule has 1 amide bonds. The number of carbonyl (C=O) groups excluding carboxylic acids is 2. The molecule has 3 fully saturated rings. The molecule has 3 aliphatic carbocycles. The zero-order valence-corrected chi connectivity index (χ0v) is 26.3. The van der Waals surface area contributed by atoms with Crippen molar-refractivity contribution in [3.8, 4) is 11.5 Å². The Balaban J connectivity index is 1.27. The third-order valence-corrected chi connectivity index (χ3v) is 11.0. The molecule has 7 rings (SSSR count). The molecule has 5 atom stereocenters. The van der Waals surface area contributed by atoms with Gasteiger partial charge < -0.3 is 19.5 Å². The normalized spacial score (nSPS) is 29.7. The van der Waals surface area contributed by atoms with E-state index in [-0.39, 0.29) is 17.5 Å². The second-order valence-corrected chi connectivity index (χ2v) is 13.8. The lowest BCUT2D eigenvalue weighted by molar-refractivity contribution is -0.201. The fourth-order valence-electron chi connectivity index (χ4n) is 8.85. The second-order valence-electron chi connectivity index (χ2n) is 13.8. The van der Waals surface area contributed by atoms with E-state index in [1.54, 1.807) is 17.0 Å². The van der Waals surface area contributed by atoms with E-state index in [0.29, 0.717) is 49.6 Å². The Kier molecular flexibility index (Phi) is 7.74. The second kappa shape index (κ2) is 11.4. The van der Waals surface area contributed by atoms with Crippen molar-refractivity contribution in [2.24, 2.45) is 5.92 Å². The van der Waals surface area contributed by atoms with Crippen LogP contribution >= 0.6 is 0 Å². The molecule has 246 valence electrons. The summed E-state index contributed by atoms with van der Waals surface area (Å²) in [7, 11) is 0. The van der Waals surface area contributed by atoms with Gasteiger partial charge in [-0.15, -0.1) is 0 Å². The molecular formula is C36H41F3N2O5. The summed E-state index contributed by atoms with van der Waals surface area (Å²) in [5.41, 5.74) is -0.384. The minimum Gasteiger partial charge on any atom is -0.483 e. The Bertz CT molecular complexity index is 1570. The number of nitrogens with zero attached hydrogens (tertiary/aromatic N) is 2. The molecule has 7 nitrogen and oxygen atoms in total. The minimum atomic E-state index is -4.48. The standard InChI is InChI=1S/C36H41F3N2O5/c1-3-4-17-41(30(43)13-10-23-6-5-7-26(19-23)36(37,38)39)27-14-15-35(44)29-20-25-11-12-28(45-22(2)42)32-31(25)34(35,33(27)46-32)16-18-40(29)21-24-8-9-24/h5-7,10-13,19,24,27,29,33,44H,3-4,8-9,14-18,20-21H2,1-2H3/b13-10+/t27?,29-,33?,34+,35-/m1/s1. The SMILES string of the molecule is CCCCN(C(=O)/C=C/c1cccc(C(F)(F)F)c1)C1CC[C@@]2(O)[C@H]3Cc4ccc(OC(C)=O)c5c4[C@@]2(CCN3CC2CC2)C1O5. The van der Waals surface area contributed by atoms with Crippen LogP contribution in [0.2, 0.25) is 0 Å². The average molecular weight is 639 g/mol. The van der Waals surface area contributed by atoms with Gasteiger partial charge in [0.05, 0.1) is 22.6 Å². The number of unbranched alkanes of at least 4 members (excludes halogenated alkanes) is 1. The van der Waals surface area contributed by atoms with Crippen LogP contribution in [0.3, 0.4) is 0 Å². The molecular weight excluding hydrogens is 597 g/mol. The predicted octanol–water partition coefficient (Wildman–Crippen LogP) is 5.91. The Hall–Kier alpha value is -3.37. The summed E-state index contributed by atoms with van der Waals surface area (Å²) >= 11 is 0. The number of likely N-dealkylation sites (tertiary alicyclic amines) is 1. The Labute approximate surface area is 267 Å². The van der Waals surface area contributed by atoms with Gasteiger partial charge in [-0.1, -0.05) is 31.5 Å². The van der Waals surface area contributed by atoms with E-state index in [9.17, 15) is 27.9 Å². The zero-order valence-electron chi connectivity index (χ0n) is 26.3. The third kappa shape index (κ3) is 5.03. The number of hydrogen-bond acceptors (Lipinski definition) is 6. The first-order valence-corrected chi connectivity index (χ1v) is 16.6. The number of piperidine rings is 1. The van der Waals surface area contributed by atoms with Crippen LogP contribution in [0.4, 0.5) is 13.2 Å². The van der Waals surface area contributed by atoms with E-state index >= 15 is 0 Å². The lowest BCUT2D eigenvalue weighted by Gasteiger charge is -2.65. The quantitative estimate of drug-likeness (QED) is 0.209. The van der Waals surface area contributed by atoms with E-state index in [0.717, 1.165) is 49.2 Å². The number of ether oxygens (including phenoxy) is 2. The van der Waals surface area contributed by atoms with Crippen LogP contribution in [0.25, 0.3) is 6.08 Å². The lowest BCUT2D eigenvalue weighted by Crippen LogP contribution is -2.78. The van der Waals surface area contributed by atoms with Crippen molar-refractivity contribution < 1.29 is 37.3 Å². The number of benzene rings is 2. The molecule has 2 saturated carbocycles. The summed E-state index contributed by atoms with van der Waals surface area (Å²) in [4.78, 5) is 30.4. The molecule has 2 unspecified atom stereocenters. The third-order valence-electron chi connectivity index (χ3n) is 11.0. The molecule has 0 radical (unpaired) electrons. The Morgan fingerprint density at radius 2 is 1.98 bits per heavy atom. The van der Waals surface area contributed by atoms with Gasteiger partial charge in [-0.2, -0.15) is 13.2 Å². The fraction of sp³-hybridized carbons (Fsp3) is 0.556. The topological polar surface area (TPSA) is 79.3 Å². The minimum absolute atomic E-state index is 0.0903. The lowest BCUT2D eigenvalue weighted by atomic mass is 9.48. The van der Waals surface area contributed by atoms with Crippen molar-refractivity contribution in [3.63, 3.8) is 0 Å². The van der Waals surface area contributed by atoms with Gasteiger partial charge in [0.25, 0.3) is 0 Å². The van der Waals surface area contributed by atoms with Crippen LogP contribution in [-0.4, -0.2) is 70.2 Å². The van der Waals surface area contributed by atoms with Crippen LogP contribution in [0.5, 0.6) is 11.5 Å². The van der Waals surface area contributed by atoms with Crippen LogP contribution in [0, 0.1) is 5.92 Å². The Morgan fingerprint density at radius 3 is 2.70 bits per heavy atom. The highest BCUT2D eigenvalue weighted by molar-refractivity contribution is 5.92. The van der Waals surface area contributed by atoms with Gasteiger partial charge in [0.2, 0.25) is 5.91 Å². The number of halogens is 3. The fourth-order valence-corrected chi connectivity index (χ4v) is 8.85. The van der Waals surface area contributed by atoms with Crippen molar-refractivity contribution in [2.75, 3.05) is 19.6 Å². The average Bonchev–Trinajstić information content (AvgIpc) is 3.76. The van der Waals surface area contributed by atoms with Crippen LogP contribution in [0.1, 0.15) is 81.0 Å². The molecule has 10 heteroatoms. The summed E-state index contributed by atoms with van der Waals surface area (Å²) in [6.07, 6.45) is 4.04. The van der Waals surface area contributed by atoms with Crippen molar-refractivity contribution >= 4 is 18.0 Å². The predicted molar refractivity (Wildman–Crippen MR) is 165 cm³/mol. The number of esters is 1. The van der Waals surface area contributed by atoms with Crippen molar-refractivity contribution in [1.29, 1.82) is 0 Å². The monoisotopic (exact) mass is 638 g/mol. The molecule has 5 aliphatic rings. The van der Waals surface area contributed by atoms with E-state index in [1.165, 1.54) is 38.0 Å². The largest absolute Gasteiger partial charge is 0.483 e. The number of rotatable bonds is 9. The van der Waals surface area contributed by atoms with Crippen molar-refractivity contribution in [3.05, 3.63) is 64.7 Å². The highest BCUT2D eigenvalue weighted by Crippen LogP contribution is 2.66. The van der Waals surface area contributed by atoms with E-state index < -0.39 is 40.9 Å². The molecule has 1 saturated heterocycles. The summed E-state index contributed by atoms with van der Waals surface area (Å²) in [5, 5.41) is 12.9. The van der Waals surface area contributed by atoms with Gasteiger partial charge in [0.15, 0.2) is 11.5 Å². The van der Waals surface area contributed by atoms with Gasteiger partial charge in [-0.3, -0.25) is 14.5 Å². The molecule has 2 bridgehead atoms. The van der Waals surface area contributed by atoms with Gasteiger partial charge in [-0.25, -0.2) is 0 Å². The number of carbonyl (C=O) groups is 2. The molecule has 2 aromatic carbocycles. The van der Waals surface area contributed by atoms with Gasteiger partial charge in [0.1, 0.15) is 6.10 Å². The molecule has 2 heterocycles. The number of amides is 1. The van der Waals surface area contributed by atoms with Crippen LogP contribution < -0.4 is 9.47 Å². The maximum Gasteiger partial charge on any atom is 0.416 e. The summed E-state index contributed by atoms with van der Waals surface area (Å²) in [6.45, 7) is 5.59. The molecule has 2 aromatic rings. The van der Waals surface area contributed by atoms with Crippen molar-refractivity contribution in [1.82, 2.24) is 9.80 Å². The molecule has 1 spiro atoms. The molecule has 46 heavy (non-hydrogen) atoms. The maximum atomic E-state index is 14.0. The first-order valence-electron chi connectivity index (χ1n) is 16.6. The van der Waals surface area contributed by atoms with Gasteiger partial charge in [-0.05, 0) is 92.8 Å². The summed E-state index contributed by atoms with van der Waals surface area (Å²) in [6, 6.07) is 8.21. The van der Waals surface area contributed by atoms with Crippen LogP contribution in [-0.2, 0) is 27.6 Å². The maximum absolute atomic E-state index is 14.0. The Morgan fingerprint density at radius 1 is 1.17 bits per heavy atom. The summed E-state index contributed by atoms with van der Waals surface area (Å²) < 4.78 is 52.5. The van der Waals surface area contributed by atoms with Gasteiger partial charge in [0, 0.05) is 37.7 Å². The van der Waals surface area contributed by atoms with Gasteiger partial charge >= 0.3 is 12.1 Å². The van der Waals surface area contributed by atoms with E-state index in [2.05, 4.69) is 4.90 Å².